The van der Waals surface area contributed by atoms with Gasteiger partial charge in [-0.2, -0.15) is 13.2 Å². The Balaban J connectivity index is 0.000000325. The Morgan fingerprint density at radius 3 is 2.12 bits per heavy atom. The average Bonchev–Trinajstić information content (AvgIpc) is 2.20. The van der Waals surface area contributed by atoms with Crippen molar-refractivity contribution in [1.82, 2.24) is 0 Å². The van der Waals surface area contributed by atoms with Crippen molar-refractivity contribution >= 4 is 39.2 Å². The zero-order valence-corrected chi connectivity index (χ0v) is 10.2. The van der Waals surface area contributed by atoms with Crippen LogP contribution in [0, 0.1) is 5.82 Å². The van der Waals surface area contributed by atoms with E-state index in [-0.39, 0.29) is 9.50 Å². The molecule has 0 heterocycles. The number of carbonyl (C=O) groups is 1. The first-order valence-electron chi connectivity index (χ1n) is 3.76. The summed E-state index contributed by atoms with van der Waals surface area (Å²) in [5.41, 5.74) is 5.69. The van der Waals surface area contributed by atoms with Crippen LogP contribution < -0.4 is 5.73 Å². The lowest BCUT2D eigenvalue weighted by Gasteiger charge is -1.99. The van der Waals surface area contributed by atoms with Crippen molar-refractivity contribution in [3.8, 4) is 0 Å². The third-order valence-electron chi connectivity index (χ3n) is 1.31. The Labute approximate surface area is 106 Å². The van der Waals surface area contributed by atoms with Crippen LogP contribution >= 0.6 is 27.5 Å². The van der Waals surface area contributed by atoms with Crippen molar-refractivity contribution in [3.05, 3.63) is 27.4 Å². The molecule has 3 nitrogen and oxygen atoms in total. The van der Waals surface area contributed by atoms with Crippen LogP contribution in [-0.4, -0.2) is 17.3 Å². The van der Waals surface area contributed by atoms with Crippen molar-refractivity contribution in [3.63, 3.8) is 0 Å². The number of benzene rings is 1. The average molecular weight is 338 g/mol. The molecule has 1 rings (SSSR count). The van der Waals surface area contributed by atoms with Gasteiger partial charge in [0.15, 0.2) is 5.82 Å². The van der Waals surface area contributed by atoms with E-state index in [1.807, 2.05) is 0 Å². The van der Waals surface area contributed by atoms with E-state index in [1.54, 1.807) is 0 Å². The molecule has 0 unspecified atom stereocenters. The van der Waals surface area contributed by atoms with Crippen LogP contribution in [0.2, 0.25) is 5.02 Å². The molecule has 1 aromatic rings. The van der Waals surface area contributed by atoms with Gasteiger partial charge in [0.2, 0.25) is 0 Å². The zero-order valence-electron chi connectivity index (χ0n) is 7.86. The van der Waals surface area contributed by atoms with Crippen LogP contribution in [0.4, 0.5) is 23.2 Å². The fraction of sp³-hybridized carbons (Fsp3) is 0.125. The van der Waals surface area contributed by atoms with E-state index in [2.05, 4.69) is 15.9 Å². The number of hydrogen-bond acceptors (Lipinski definition) is 2. The molecule has 96 valence electrons. The van der Waals surface area contributed by atoms with Gasteiger partial charge < -0.3 is 10.8 Å². The second kappa shape index (κ2) is 6.06. The molecule has 0 saturated carbocycles. The number of nitrogens with two attached hydrogens (primary N) is 1. The third kappa shape index (κ3) is 5.22. The standard InChI is InChI=1S/C6H4BrClFN.C2HF3O2/c7-5-4(10)2-1-3(8)6(5)9;3-2(4,5)1(6)7/h1-2H,10H2;(H,6,7). The molecule has 0 fully saturated rings. The van der Waals surface area contributed by atoms with E-state index in [4.69, 9.17) is 27.2 Å². The van der Waals surface area contributed by atoms with Crippen molar-refractivity contribution in [2.45, 2.75) is 6.18 Å². The number of carboxylic acid groups (broad SMARTS) is 1. The number of nitrogen functional groups attached to an aromatic ring is 1. The molecule has 0 atom stereocenters. The second-order valence-electron chi connectivity index (χ2n) is 2.57. The first kappa shape index (κ1) is 16.0. The zero-order chi connectivity index (χ0) is 13.8. The van der Waals surface area contributed by atoms with Crippen molar-refractivity contribution in [2.75, 3.05) is 5.73 Å². The van der Waals surface area contributed by atoms with Gasteiger partial charge in [0.05, 0.1) is 9.50 Å². The van der Waals surface area contributed by atoms with Gasteiger partial charge in [0.25, 0.3) is 0 Å². The molecular weight excluding hydrogens is 333 g/mol. The molecule has 0 aliphatic rings. The number of halogens is 6. The Bertz CT molecular complexity index is 398. The first-order valence-corrected chi connectivity index (χ1v) is 4.93. The lowest BCUT2D eigenvalue weighted by atomic mass is 10.3. The molecule has 9 heteroatoms. The summed E-state index contributed by atoms with van der Waals surface area (Å²) in [5.74, 6) is -3.27. The molecule has 0 aliphatic heterocycles. The Hall–Kier alpha value is -1.02. The summed E-state index contributed by atoms with van der Waals surface area (Å²) in [5, 5.41) is 7.20. The van der Waals surface area contributed by atoms with Gasteiger partial charge in [-0.3, -0.25) is 0 Å². The largest absolute Gasteiger partial charge is 0.490 e. The Kier molecular flexibility index (Phi) is 5.70. The fourth-order valence-electron chi connectivity index (χ4n) is 0.541. The monoisotopic (exact) mass is 337 g/mol. The van der Waals surface area contributed by atoms with Gasteiger partial charge in [-0.25, -0.2) is 9.18 Å². The number of alkyl halides is 3. The van der Waals surface area contributed by atoms with Crippen LogP contribution in [0.5, 0.6) is 0 Å². The van der Waals surface area contributed by atoms with E-state index >= 15 is 0 Å². The van der Waals surface area contributed by atoms with Crippen molar-refractivity contribution in [2.24, 2.45) is 0 Å². The predicted octanol–water partition coefficient (Wildman–Crippen LogP) is 3.46. The minimum atomic E-state index is -5.08. The minimum Gasteiger partial charge on any atom is -0.475 e. The Morgan fingerprint density at radius 2 is 1.82 bits per heavy atom. The van der Waals surface area contributed by atoms with Gasteiger partial charge in [0.1, 0.15) is 0 Å². The molecule has 0 bridgehead atoms. The smallest absolute Gasteiger partial charge is 0.475 e. The van der Waals surface area contributed by atoms with E-state index < -0.39 is 18.0 Å². The molecular formula is C8H5BrClF4NO2. The van der Waals surface area contributed by atoms with E-state index in [9.17, 15) is 17.6 Å². The highest BCUT2D eigenvalue weighted by Gasteiger charge is 2.38. The molecule has 0 aliphatic carbocycles. The maximum absolute atomic E-state index is 12.7. The topological polar surface area (TPSA) is 63.3 Å². The highest BCUT2D eigenvalue weighted by molar-refractivity contribution is 9.10. The normalized spacial score (nSPS) is 10.5. The lowest BCUT2D eigenvalue weighted by Crippen LogP contribution is -2.21. The summed E-state index contributed by atoms with van der Waals surface area (Å²) < 4.78 is 44.7. The fourth-order valence-corrected chi connectivity index (χ4v) is 1.16. The SMILES string of the molecule is Nc1ccc(Cl)c(F)c1Br.O=C(O)C(F)(F)F. The molecule has 1 aromatic carbocycles. The van der Waals surface area contributed by atoms with Gasteiger partial charge in [-0.1, -0.05) is 11.6 Å². The van der Waals surface area contributed by atoms with Crippen LogP contribution in [-0.2, 0) is 4.79 Å². The molecule has 0 saturated heterocycles. The highest BCUT2D eigenvalue weighted by Crippen LogP contribution is 2.27. The van der Waals surface area contributed by atoms with Crippen LogP contribution in [0.3, 0.4) is 0 Å². The van der Waals surface area contributed by atoms with E-state index in [0.717, 1.165) is 0 Å². The number of hydrogen-bond donors (Lipinski definition) is 2. The Morgan fingerprint density at radius 1 is 1.41 bits per heavy atom. The quantitative estimate of drug-likeness (QED) is 0.433. The van der Waals surface area contributed by atoms with Crippen LogP contribution in [0.1, 0.15) is 0 Å². The third-order valence-corrected chi connectivity index (χ3v) is 2.41. The van der Waals surface area contributed by atoms with Gasteiger partial charge in [-0.05, 0) is 28.1 Å². The molecule has 0 radical (unpaired) electrons. The predicted molar refractivity (Wildman–Crippen MR) is 57.2 cm³/mol. The molecule has 0 amide bonds. The van der Waals surface area contributed by atoms with E-state index in [1.165, 1.54) is 12.1 Å². The van der Waals surface area contributed by atoms with Crippen molar-refractivity contribution < 1.29 is 27.5 Å². The summed E-state index contributed by atoms with van der Waals surface area (Å²) >= 11 is 8.37. The molecule has 0 spiro atoms. The second-order valence-corrected chi connectivity index (χ2v) is 3.77. The van der Waals surface area contributed by atoms with Crippen LogP contribution in [0.25, 0.3) is 0 Å². The maximum atomic E-state index is 12.7. The summed E-state index contributed by atoms with van der Waals surface area (Å²) in [4.78, 5) is 8.90. The van der Waals surface area contributed by atoms with Gasteiger partial charge in [0, 0.05) is 5.69 Å². The van der Waals surface area contributed by atoms with Crippen molar-refractivity contribution in [1.29, 1.82) is 0 Å². The number of anilines is 1. The molecule has 0 aromatic heterocycles. The van der Waals surface area contributed by atoms with E-state index in [0.29, 0.717) is 5.69 Å². The summed E-state index contributed by atoms with van der Waals surface area (Å²) in [6, 6.07) is 2.95. The van der Waals surface area contributed by atoms with Crippen LogP contribution in [0.15, 0.2) is 16.6 Å². The summed E-state index contributed by atoms with van der Waals surface area (Å²) in [6.45, 7) is 0. The number of rotatable bonds is 0. The molecule has 17 heavy (non-hydrogen) atoms. The number of carboxylic acids is 1. The maximum Gasteiger partial charge on any atom is 0.490 e. The number of aliphatic carboxylic acids is 1. The van der Waals surface area contributed by atoms with Gasteiger partial charge in [-0.15, -0.1) is 0 Å². The highest BCUT2D eigenvalue weighted by atomic mass is 79.9. The summed E-state index contributed by atoms with van der Waals surface area (Å²) in [7, 11) is 0. The minimum absolute atomic E-state index is 0.0704. The first-order chi connectivity index (χ1) is 7.57. The van der Waals surface area contributed by atoms with Gasteiger partial charge >= 0.3 is 12.1 Å². The summed E-state index contributed by atoms with van der Waals surface area (Å²) in [6.07, 6.45) is -5.08. The molecule has 3 N–H and O–H groups in total. The lowest BCUT2D eigenvalue weighted by molar-refractivity contribution is -0.192.